The van der Waals surface area contributed by atoms with Crippen LogP contribution in [-0.2, 0) is 28.1 Å². The number of ether oxygens (including phenoxy) is 3. The first-order chi connectivity index (χ1) is 19.0. The molecular weight excluding hydrogens is 545 g/mol. The molecule has 5 rings (SSSR count). The van der Waals surface area contributed by atoms with E-state index >= 15 is 0 Å². The number of para-hydroxylation sites is 1. The van der Waals surface area contributed by atoms with Gasteiger partial charge in [-0.25, -0.2) is 14.1 Å². The molecule has 216 valence electrons. The number of carbonyl (C=O) groups excluding carboxylic acids is 1. The van der Waals surface area contributed by atoms with Gasteiger partial charge in [-0.1, -0.05) is 18.2 Å². The molecule has 1 saturated heterocycles. The van der Waals surface area contributed by atoms with Crippen molar-refractivity contribution in [3.8, 4) is 5.75 Å². The molecule has 3 heterocycles. The zero-order chi connectivity index (χ0) is 28.7. The van der Waals surface area contributed by atoms with E-state index in [1.807, 2.05) is 0 Å². The van der Waals surface area contributed by atoms with Crippen molar-refractivity contribution >= 4 is 25.1 Å². The number of aliphatic hydroxyl groups is 2. The summed E-state index contributed by atoms with van der Waals surface area (Å²) in [5.74, 6) is -0.255. The lowest BCUT2D eigenvalue weighted by molar-refractivity contribution is -0.145. The Morgan fingerprint density at radius 1 is 1.27 bits per heavy atom. The van der Waals surface area contributed by atoms with Gasteiger partial charge < -0.3 is 34.7 Å². The van der Waals surface area contributed by atoms with Crippen LogP contribution in [0.3, 0.4) is 0 Å². The molecule has 0 radical (unpaired) electrons. The Balaban J connectivity index is 1.34. The molecule has 2 aromatic heterocycles. The standard InChI is InChI=1S/C25H32N5O9P/c1-15(22(32)36-13-7-12-35-3)29-40(34,38-16-8-5-4-6-9-16)39-23-24(2)25(23,33)20(31)19(37-24)17-10-11-18-21(26)27-14-28-30(17)18/h4-6,8-11,14-15,19-20,23,31,33H,7,12-13H2,1-3H3,(H,29,34)(H2,26,27,28)/t15-,19-,20-,23?,24+,25+,40+/m0/s1. The van der Waals surface area contributed by atoms with Crippen LogP contribution in [0, 0.1) is 0 Å². The van der Waals surface area contributed by atoms with Gasteiger partial charge in [0.15, 0.2) is 11.4 Å². The number of hydrogen-bond donors (Lipinski definition) is 4. The van der Waals surface area contributed by atoms with Crippen LogP contribution in [0.2, 0.25) is 0 Å². The second-order valence-corrected chi connectivity index (χ2v) is 11.5. The fourth-order valence-electron chi connectivity index (χ4n) is 4.94. The number of carbonyl (C=O) groups is 1. The number of nitrogens with zero attached hydrogens (tertiary/aromatic N) is 3. The molecule has 1 aliphatic heterocycles. The van der Waals surface area contributed by atoms with Gasteiger partial charge in [-0.15, -0.1) is 0 Å². The predicted octanol–water partition coefficient (Wildman–Crippen LogP) is 1.38. The molecule has 1 aliphatic carbocycles. The fourth-order valence-corrected chi connectivity index (χ4v) is 6.72. The summed E-state index contributed by atoms with van der Waals surface area (Å²) in [6, 6.07) is 10.4. The SMILES string of the molecule is COCCCOC(=O)[C@H](C)N[P@@](=O)(Oc1ccccc1)OC1[C@@]2(C)O[C@@H](c3ccc4c(N)ncnn34)[C@H](O)[C@@]12O. The number of fused-ring (bicyclic) bond motifs is 2. The third-order valence-electron chi connectivity index (χ3n) is 7.18. The Morgan fingerprint density at radius 3 is 2.70 bits per heavy atom. The minimum atomic E-state index is -4.35. The van der Waals surface area contributed by atoms with E-state index in [9.17, 15) is 19.6 Å². The number of aliphatic hydroxyl groups excluding tert-OH is 1. The lowest BCUT2D eigenvalue weighted by Crippen LogP contribution is -2.38. The number of anilines is 1. The van der Waals surface area contributed by atoms with Gasteiger partial charge in [0.25, 0.3) is 0 Å². The first-order valence-electron chi connectivity index (χ1n) is 12.7. The van der Waals surface area contributed by atoms with E-state index < -0.39 is 49.3 Å². The predicted molar refractivity (Wildman–Crippen MR) is 140 cm³/mol. The van der Waals surface area contributed by atoms with Gasteiger partial charge in [0.2, 0.25) is 0 Å². The summed E-state index contributed by atoms with van der Waals surface area (Å²) >= 11 is 0. The van der Waals surface area contributed by atoms with E-state index in [1.54, 1.807) is 42.5 Å². The van der Waals surface area contributed by atoms with Gasteiger partial charge in [-0.3, -0.25) is 9.32 Å². The number of aromatic nitrogens is 3. The average molecular weight is 578 g/mol. The lowest BCUT2D eigenvalue weighted by atomic mass is 10.0. The van der Waals surface area contributed by atoms with Crippen molar-refractivity contribution in [3.63, 3.8) is 0 Å². The van der Waals surface area contributed by atoms with Crippen molar-refractivity contribution in [1.82, 2.24) is 19.7 Å². The molecule has 15 heteroatoms. The number of methoxy groups -OCH3 is 1. The van der Waals surface area contributed by atoms with E-state index in [0.717, 1.165) is 0 Å². The highest BCUT2D eigenvalue weighted by Gasteiger charge is 2.87. The van der Waals surface area contributed by atoms with Crippen LogP contribution in [-0.4, -0.2) is 80.6 Å². The third-order valence-corrected chi connectivity index (χ3v) is 8.82. The second-order valence-electron chi connectivity index (χ2n) is 9.87. The highest BCUT2D eigenvalue weighted by molar-refractivity contribution is 7.52. The Hall–Kier alpha value is -3.10. The van der Waals surface area contributed by atoms with Crippen molar-refractivity contribution in [2.75, 3.05) is 26.1 Å². The van der Waals surface area contributed by atoms with Crippen molar-refractivity contribution in [3.05, 3.63) is 54.5 Å². The van der Waals surface area contributed by atoms with Crippen LogP contribution >= 0.6 is 7.75 Å². The topological polar surface area (TPSA) is 189 Å². The summed E-state index contributed by atoms with van der Waals surface area (Å²) in [6.45, 7) is 3.49. The van der Waals surface area contributed by atoms with E-state index in [-0.39, 0.29) is 18.2 Å². The first-order valence-corrected chi connectivity index (χ1v) is 14.2. The number of benzene rings is 1. The van der Waals surface area contributed by atoms with Gasteiger partial charge in [0, 0.05) is 20.1 Å². The minimum absolute atomic E-state index is 0.107. The summed E-state index contributed by atoms with van der Waals surface area (Å²) in [4.78, 5) is 16.5. The summed E-state index contributed by atoms with van der Waals surface area (Å²) in [5.41, 5.74) is 3.42. The number of nitrogen functional groups attached to an aromatic ring is 1. The summed E-state index contributed by atoms with van der Waals surface area (Å²) in [6.07, 6.45) is -2.02. The maximum atomic E-state index is 14.0. The van der Waals surface area contributed by atoms with Crippen molar-refractivity contribution in [1.29, 1.82) is 0 Å². The van der Waals surface area contributed by atoms with Crippen LogP contribution in [0.15, 0.2) is 48.8 Å². The quantitative estimate of drug-likeness (QED) is 0.137. The van der Waals surface area contributed by atoms with Crippen LogP contribution in [0.1, 0.15) is 32.1 Å². The Labute approximate surface area is 229 Å². The van der Waals surface area contributed by atoms with Crippen LogP contribution in [0.25, 0.3) is 5.52 Å². The van der Waals surface area contributed by atoms with Crippen molar-refractivity contribution < 1.29 is 42.8 Å². The minimum Gasteiger partial charge on any atom is -0.464 e. The number of esters is 1. The summed E-state index contributed by atoms with van der Waals surface area (Å²) < 4.78 is 43.3. The Kier molecular flexibility index (Phi) is 7.61. The molecule has 0 amide bonds. The van der Waals surface area contributed by atoms with E-state index in [4.69, 9.17) is 29.0 Å². The van der Waals surface area contributed by atoms with E-state index in [0.29, 0.717) is 24.2 Å². The second kappa shape index (κ2) is 10.7. The normalized spacial score (nSPS) is 29.5. The Morgan fingerprint density at radius 2 is 2.02 bits per heavy atom. The molecule has 0 bridgehead atoms. The molecule has 14 nitrogen and oxygen atoms in total. The number of nitrogens with two attached hydrogens (primary N) is 1. The molecule has 7 atom stereocenters. The fraction of sp³-hybridized carbons (Fsp3) is 0.480. The molecule has 3 aromatic rings. The number of hydrogen-bond acceptors (Lipinski definition) is 12. The lowest BCUT2D eigenvalue weighted by Gasteiger charge is -2.27. The highest BCUT2D eigenvalue weighted by Crippen LogP contribution is 2.68. The third kappa shape index (κ3) is 4.85. The van der Waals surface area contributed by atoms with E-state index in [1.165, 1.54) is 31.8 Å². The van der Waals surface area contributed by atoms with Crippen LogP contribution in [0.4, 0.5) is 5.82 Å². The molecule has 2 fully saturated rings. The van der Waals surface area contributed by atoms with Gasteiger partial charge in [0.1, 0.15) is 47.5 Å². The maximum Gasteiger partial charge on any atom is 0.459 e. The van der Waals surface area contributed by atoms with Crippen LogP contribution < -0.4 is 15.3 Å². The number of nitrogens with one attached hydrogen (secondary N) is 1. The zero-order valence-corrected chi connectivity index (χ0v) is 23.1. The smallest absolute Gasteiger partial charge is 0.459 e. The molecule has 5 N–H and O–H groups in total. The highest BCUT2D eigenvalue weighted by atomic mass is 31.2. The van der Waals surface area contributed by atoms with Crippen LogP contribution in [0.5, 0.6) is 5.75 Å². The first kappa shape index (κ1) is 28.4. The van der Waals surface area contributed by atoms with Gasteiger partial charge >= 0.3 is 13.7 Å². The monoisotopic (exact) mass is 577 g/mol. The van der Waals surface area contributed by atoms with Gasteiger partial charge in [0.05, 0.1) is 12.3 Å². The molecular formula is C25H32N5O9P. The largest absolute Gasteiger partial charge is 0.464 e. The summed E-state index contributed by atoms with van der Waals surface area (Å²) in [5, 5.41) is 29.5. The van der Waals surface area contributed by atoms with Gasteiger partial charge in [-0.2, -0.15) is 10.2 Å². The molecule has 0 spiro atoms. The Bertz CT molecular complexity index is 1420. The molecule has 1 saturated carbocycles. The zero-order valence-electron chi connectivity index (χ0n) is 22.2. The molecule has 1 unspecified atom stereocenters. The van der Waals surface area contributed by atoms with Gasteiger partial charge in [-0.05, 0) is 38.1 Å². The van der Waals surface area contributed by atoms with E-state index in [2.05, 4.69) is 15.2 Å². The molecule has 2 aliphatic rings. The average Bonchev–Trinajstić information content (AvgIpc) is 3.20. The van der Waals surface area contributed by atoms with Crippen molar-refractivity contribution in [2.24, 2.45) is 0 Å². The summed E-state index contributed by atoms with van der Waals surface area (Å²) in [7, 11) is -2.81. The van der Waals surface area contributed by atoms with Crippen molar-refractivity contribution in [2.45, 2.75) is 55.8 Å². The molecule has 40 heavy (non-hydrogen) atoms. The molecule has 1 aromatic carbocycles. The maximum absolute atomic E-state index is 14.0. The number of rotatable bonds is 12.